The highest BCUT2D eigenvalue weighted by Gasteiger charge is 2.17. The summed E-state index contributed by atoms with van der Waals surface area (Å²) in [7, 11) is 0. The SMILES string of the molecule is Nc1cc(F)c(OCc2ccccc2)c(F)c1.Nc1cc(F)c(OCc2ccccc2)c(F)c1Br. The zero-order chi connectivity index (χ0) is 25.4. The molecule has 0 radical (unpaired) electrons. The standard InChI is InChI=1S/C13H10BrF2NO.C13H11F2NO/c14-11-10(17)6-9(15)13(12(11)16)18-7-8-4-2-1-3-5-8;14-11-6-10(16)7-12(15)13(11)17-8-9-4-2-1-3-5-9/h1-6H,7,17H2;1-7H,8,16H2. The Morgan fingerprint density at radius 2 is 1.06 bits per heavy atom. The van der Waals surface area contributed by atoms with Gasteiger partial charge in [0.1, 0.15) is 13.2 Å². The molecule has 0 amide bonds. The Balaban J connectivity index is 0.000000196. The highest BCUT2D eigenvalue weighted by Crippen LogP contribution is 2.33. The summed E-state index contributed by atoms with van der Waals surface area (Å²) in [5.41, 5.74) is 12.4. The van der Waals surface area contributed by atoms with E-state index in [0.717, 1.165) is 29.3 Å². The highest BCUT2D eigenvalue weighted by molar-refractivity contribution is 9.10. The fourth-order valence-corrected chi connectivity index (χ4v) is 3.20. The van der Waals surface area contributed by atoms with Crippen LogP contribution in [0.2, 0.25) is 0 Å². The van der Waals surface area contributed by atoms with Crippen molar-refractivity contribution in [2.24, 2.45) is 0 Å². The molecule has 4 nitrogen and oxygen atoms in total. The van der Waals surface area contributed by atoms with Gasteiger partial charge in [0.2, 0.25) is 0 Å². The molecule has 0 bridgehead atoms. The fourth-order valence-electron chi connectivity index (χ4n) is 2.91. The number of ether oxygens (including phenoxy) is 2. The van der Waals surface area contributed by atoms with E-state index in [2.05, 4.69) is 15.9 Å². The van der Waals surface area contributed by atoms with E-state index >= 15 is 0 Å². The van der Waals surface area contributed by atoms with Crippen molar-refractivity contribution < 1.29 is 27.0 Å². The van der Waals surface area contributed by atoms with Crippen LogP contribution in [-0.2, 0) is 13.2 Å². The average Bonchev–Trinajstić information content (AvgIpc) is 2.83. The van der Waals surface area contributed by atoms with E-state index in [0.29, 0.717) is 0 Å². The Kier molecular flexibility index (Phi) is 8.97. The van der Waals surface area contributed by atoms with Crippen molar-refractivity contribution in [1.82, 2.24) is 0 Å². The largest absolute Gasteiger partial charge is 0.483 e. The van der Waals surface area contributed by atoms with Crippen LogP contribution in [-0.4, -0.2) is 0 Å². The number of anilines is 2. The van der Waals surface area contributed by atoms with Crippen molar-refractivity contribution in [3.63, 3.8) is 0 Å². The first-order chi connectivity index (χ1) is 16.8. The molecule has 0 unspecified atom stereocenters. The highest BCUT2D eigenvalue weighted by atomic mass is 79.9. The van der Waals surface area contributed by atoms with Gasteiger partial charge in [0.25, 0.3) is 0 Å². The van der Waals surface area contributed by atoms with E-state index < -0.39 is 34.8 Å². The molecule has 4 rings (SSSR count). The number of nitrogens with two attached hydrogens (primary N) is 2. The molecule has 0 aromatic heterocycles. The maximum Gasteiger partial charge on any atom is 0.192 e. The van der Waals surface area contributed by atoms with Crippen LogP contribution in [0.15, 0.2) is 83.3 Å². The van der Waals surface area contributed by atoms with Gasteiger partial charge in [-0.05, 0) is 27.1 Å². The van der Waals surface area contributed by atoms with Crippen LogP contribution in [0.4, 0.5) is 28.9 Å². The van der Waals surface area contributed by atoms with Gasteiger partial charge < -0.3 is 20.9 Å². The summed E-state index contributed by atoms with van der Waals surface area (Å²) < 4.78 is 64.3. The van der Waals surface area contributed by atoms with Gasteiger partial charge in [0, 0.05) is 23.9 Å². The third-order valence-corrected chi connectivity index (χ3v) is 5.42. The molecule has 0 fully saturated rings. The predicted octanol–water partition coefficient (Wildman–Crippen LogP) is 7.01. The number of hydrogen-bond acceptors (Lipinski definition) is 4. The van der Waals surface area contributed by atoms with Gasteiger partial charge in [0.05, 0.1) is 10.2 Å². The van der Waals surface area contributed by atoms with E-state index in [9.17, 15) is 17.6 Å². The van der Waals surface area contributed by atoms with E-state index in [1.807, 2.05) is 60.7 Å². The van der Waals surface area contributed by atoms with Crippen LogP contribution in [0.25, 0.3) is 0 Å². The minimum atomic E-state index is -0.830. The van der Waals surface area contributed by atoms with Crippen molar-refractivity contribution >= 4 is 27.3 Å². The van der Waals surface area contributed by atoms with Gasteiger partial charge >= 0.3 is 0 Å². The number of benzene rings is 4. The summed E-state index contributed by atoms with van der Waals surface area (Å²) in [6.45, 7) is 0.198. The lowest BCUT2D eigenvalue weighted by Gasteiger charge is -2.10. The van der Waals surface area contributed by atoms with Gasteiger partial charge in [-0.3, -0.25) is 0 Å². The quantitative estimate of drug-likeness (QED) is 0.154. The van der Waals surface area contributed by atoms with Crippen LogP contribution in [0, 0.1) is 23.3 Å². The van der Waals surface area contributed by atoms with Gasteiger partial charge in [-0.1, -0.05) is 60.7 Å². The fraction of sp³-hybridized carbons (Fsp3) is 0.0769. The van der Waals surface area contributed by atoms with E-state index in [-0.39, 0.29) is 29.1 Å². The van der Waals surface area contributed by atoms with E-state index in [4.69, 9.17) is 20.9 Å². The topological polar surface area (TPSA) is 70.5 Å². The molecule has 182 valence electrons. The van der Waals surface area contributed by atoms with Gasteiger partial charge in [-0.15, -0.1) is 0 Å². The lowest BCUT2D eigenvalue weighted by molar-refractivity contribution is 0.273. The summed E-state index contributed by atoms with van der Waals surface area (Å²) in [6, 6.07) is 21.3. The van der Waals surface area contributed by atoms with Gasteiger partial charge in [-0.25, -0.2) is 17.6 Å². The van der Waals surface area contributed by atoms with Crippen LogP contribution in [0.5, 0.6) is 11.5 Å². The monoisotopic (exact) mass is 548 g/mol. The predicted molar refractivity (Wildman–Crippen MR) is 131 cm³/mol. The molecule has 0 heterocycles. The molecule has 4 N–H and O–H groups in total. The summed E-state index contributed by atoms with van der Waals surface area (Å²) in [4.78, 5) is 0. The molecule has 9 heteroatoms. The molecule has 35 heavy (non-hydrogen) atoms. The molecule has 0 aliphatic rings. The van der Waals surface area contributed by atoms with Gasteiger partial charge in [0.15, 0.2) is 34.8 Å². The Labute approximate surface area is 208 Å². The molecule has 4 aromatic carbocycles. The normalized spacial score (nSPS) is 10.3. The molecule has 0 aliphatic carbocycles. The van der Waals surface area contributed by atoms with E-state index in [1.165, 1.54) is 0 Å². The lowest BCUT2D eigenvalue weighted by Crippen LogP contribution is -2.02. The molecule has 0 spiro atoms. The first-order valence-electron chi connectivity index (χ1n) is 10.3. The number of halogens is 5. The minimum absolute atomic E-state index is 0.00272. The summed E-state index contributed by atoms with van der Waals surface area (Å²) in [5.74, 6) is -4.06. The van der Waals surface area contributed by atoms with Crippen molar-refractivity contribution in [3.8, 4) is 11.5 Å². The number of hydrogen-bond donors (Lipinski definition) is 2. The van der Waals surface area contributed by atoms with Crippen LogP contribution in [0.1, 0.15) is 11.1 Å². The first kappa shape index (κ1) is 25.9. The molecular formula is C26H21BrF4N2O2. The zero-order valence-corrected chi connectivity index (χ0v) is 19.9. The van der Waals surface area contributed by atoms with Crippen LogP contribution in [0.3, 0.4) is 0 Å². The Morgan fingerprint density at radius 1 is 0.629 bits per heavy atom. The third kappa shape index (κ3) is 7.13. The second kappa shape index (κ2) is 12.1. The molecule has 4 aromatic rings. The molecular weight excluding hydrogens is 528 g/mol. The second-order valence-corrected chi connectivity index (χ2v) is 8.06. The van der Waals surface area contributed by atoms with Crippen LogP contribution < -0.4 is 20.9 Å². The first-order valence-corrected chi connectivity index (χ1v) is 11.1. The number of rotatable bonds is 6. The van der Waals surface area contributed by atoms with Crippen molar-refractivity contribution in [3.05, 3.63) is 118 Å². The Hall–Kier alpha value is -3.72. The maximum atomic E-state index is 13.7. The van der Waals surface area contributed by atoms with Gasteiger partial charge in [-0.2, -0.15) is 0 Å². The molecule has 0 aliphatic heterocycles. The summed E-state index contributed by atoms with van der Waals surface area (Å²) in [6.07, 6.45) is 0. The molecule has 0 atom stereocenters. The Bertz CT molecular complexity index is 1250. The van der Waals surface area contributed by atoms with Crippen molar-refractivity contribution in [2.75, 3.05) is 11.5 Å². The zero-order valence-electron chi connectivity index (χ0n) is 18.3. The van der Waals surface area contributed by atoms with Crippen molar-refractivity contribution in [1.29, 1.82) is 0 Å². The van der Waals surface area contributed by atoms with E-state index in [1.54, 1.807) is 0 Å². The number of nitrogen functional groups attached to an aromatic ring is 2. The maximum absolute atomic E-state index is 13.7. The summed E-state index contributed by atoms with van der Waals surface area (Å²) >= 11 is 2.94. The third-order valence-electron chi connectivity index (χ3n) is 4.62. The Morgan fingerprint density at radius 3 is 1.54 bits per heavy atom. The molecule has 0 saturated carbocycles. The smallest absolute Gasteiger partial charge is 0.192 e. The van der Waals surface area contributed by atoms with Crippen molar-refractivity contribution in [2.45, 2.75) is 13.2 Å². The lowest BCUT2D eigenvalue weighted by atomic mass is 10.2. The van der Waals surface area contributed by atoms with Crippen LogP contribution >= 0.6 is 15.9 Å². The minimum Gasteiger partial charge on any atom is -0.483 e. The summed E-state index contributed by atoms with van der Waals surface area (Å²) in [5, 5.41) is 0. The molecule has 0 saturated heterocycles. The second-order valence-electron chi connectivity index (χ2n) is 7.27. The average molecular weight is 549 g/mol.